The molecule has 0 saturated carbocycles. The highest BCUT2D eigenvalue weighted by Crippen LogP contribution is 2.41. The van der Waals surface area contributed by atoms with Gasteiger partial charge in [-0.25, -0.2) is 14.1 Å². The Kier molecular flexibility index (Phi) is 5.23. The van der Waals surface area contributed by atoms with Crippen LogP contribution in [0.3, 0.4) is 0 Å². The van der Waals surface area contributed by atoms with Gasteiger partial charge in [0.15, 0.2) is 11.6 Å². The van der Waals surface area contributed by atoms with Gasteiger partial charge in [-0.2, -0.15) is 5.10 Å². The van der Waals surface area contributed by atoms with E-state index in [-0.39, 0.29) is 23.5 Å². The number of Topliss-reactive ketones (excluding diaryl/α,β-unsaturated/α-hetero) is 1. The first-order valence-electron chi connectivity index (χ1n) is 11.5. The molecule has 180 valence electrons. The van der Waals surface area contributed by atoms with Gasteiger partial charge in [-0.3, -0.25) is 19.4 Å². The molecular weight excluding hydrogens is 447 g/mol. The SMILES string of the molecule is CC(=O)c1ccc(Cn2nc3c(c2Nc2ccc(F)cc2)C(=O)N(C)C2=NC(C)(C)C(C)N23)cc1. The molecule has 0 fully saturated rings. The summed E-state index contributed by atoms with van der Waals surface area (Å²) in [4.78, 5) is 33.6. The van der Waals surface area contributed by atoms with E-state index in [1.54, 1.807) is 40.9 Å². The van der Waals surface area contributed by atoms with E-state index in [2.05, 4.69) is 12.2 Å². The second-order valence-corrected chi connectivity index (χ2v) is 9.57. The van der Waals surface area contributed by atoms with Gasteiger partial charge in [0.05, 0.1) is 18.1 Å². The summed E-state index contributed by atoms with van der Waals surface area (Å²) in [7, 11) is 1.71. The van der Waals surface area contributed by atoms with E-state index in [0.29, 0.717) is 41.0 Å². The number of halogens is 1. The van der Waals surface area contributed by atoms with E-state index in [0.717, 1.165) is 5.56 Å². The number of aromatic nitrogens is 2. The Morgan fingerprint density at radius 1 is 1.11 bits per heavy atom. The second-order valence-electron chi connectivity index (χ2n) is 9.57. The van der Waals surface area contributed by atoms with Crippen molar-refractivity contribution in [1.29, 1.82) is 0 Å². The monoisotopic (exact) mass is 474 g/mol. The van der Waals surface area contributed by atoms with Crippen molar-refractivity contribution >= 4 is 35.0 Å². The minimum absolute atomic E-state index is 0.00384. The van der Waals surface area contributed by atoms with Crippen molar-refractivity contribution in [2.24, 2.45) is 4.99 Å². The molecule has 1 aromatic heterocycles. The summed E-state index contributed by atoms with van der Waals surface area (Å²) in [6.45, 7) is 8.03. The molecule has 0 aliphatic carbocycles. The van der Waals surface area contributed by atoms with Gasteiger partial charge < -0.3 is 5.32 Å². The fourth-order valence-electron chi connectivity index (χ4n) is 4.41. The van der Waals surface area contributed by atoms with Crippen LogP contribution in [-0.2, 0) is 6.54 Å². The number of anilines is 3. The highest BCUT2D eigenvalue weighted by Gasteiger charge is 2.49. The molecule has 1 amide bonds. The molecule has 3 aromatic rings. The number of carbonyl (C=O) groups is 2. The van der Waals surface area contributed by atoms with Gasteiger partial charge in [-0.15, -0.1) is 0 Å². The minimum atomic E-state index is -0.400. The number of nitrogens with one attached hydrogen (secondary N) is 1. The number of hydrogen-bond acceptors (Lipinski definition) is 6. The Balaban J connectivity index is 1.63. The number of hydrogen-bond donors (Lipinski definition) is 1. The highest BCUT2D eigenvalue weighted by molar-refractivity contribution is 6.21. The van der Waals surface area contributed by atoms with Crippen LogP contribution in [0.5, 0.6) is 0 Å². The first-order chi connectivity index (χ1) is 16.6. The van der Waals surface area contributed by atoms with Crippen LogP contribution in [0.25, 0.3) is 0 Å². The fraction of sp³-hybridized carbons (Fsp3) is 0.308. The van der Waals surface area contributed by atoms with Crippen LogP contribution >= 0.6 is 0 Å². The van der Waals surface area contributed by atoms with Crippen molar-refractivity contribution < 1.29 is 14.0 Å². The van der Waals surface area contributed by atoms with Crippen molar-refractivity contribution in [3.05, 3.63) is 71.0 Å². The number of nitrogens with zero attached hydrogens (tertiary/aromatic N) is 5. The van der Waals surface area contributed by atoms with E-state index < -0.39 is 5.54 Å². The van der Waals surface area contributed by atoms with Crippen LogP contribution in [0.4, 0.5) is 21.7 Å². The molecule has 8 nitrogen and oxygen atoms in total. The lowest BCUT2D eigenvalue weighted by Gasteiger charge is -2.34. The number of amides is 1. The van der Waals surface area contributed by atoms with Crippen molar-refractivity contribution in [2.75, 3.05) is 17.3 Å². The first-order valence-corrected chi connectivity index (χ1v) is 11.5. The van der Waals surface area contributed by atoms with Crippen LogP contribution in [0.15, 0.2) is 53.5 Å². The van der Waals surface area contributed by atoms with Gasteiger partial charge in [0.2, 0.25) is 5.96 Å². The fourth-order valence-corrected chi connectivity index (χ4v) is 4.41. The van der Waals surface area contributed by atoms with E-state index in [1.165, 1.54) is 19.1 Å². The summed E-state index contributed by atoms with van der Waals surface area (Å²) >= 11 is 0. The van der Waals surface area contributed by atoms with Gasteiger partial charge in [0.1, 0.15) is 17.2 Å². The van der Waals surface area contributed by atoms with Gasteiger partial charge in [0.25, 0.3) is 5.91 Å². The van der Waals surface area contributed by atoms with E-state index in [4.69, 9.17) is 10.1 Å². The molecular formula is C26H27FN6O2. The Morgan fingerprint density at radius 3 is 2.40 bits per heavy atom. The summed E-state index contributed by atoms with van der Waals surface area (Å²) in [6, 6.07) is 13.2. The van der Waals surface area contributed by atoms with E-state index in [9.17, 15) is 14.0 Å². The van der Waals surface area contributed by atoms with Gasteiger partial charge in [0, 0.05) is 18.3 Å². The first kappa shape index (κ1) is 22.8. The number of aliphatic imine (C=N–C) groups is 1. The Bertz CT molecular complexity index is 1360. The van der Waals surface area contributed by atoms with Crippen LogP contribution in [-0.4, -0.2) is 51.0 Å². The standard InChI is InChI=1S/C26H27FN6O2/c1-15(34)18-8-6-17(7-9-18)14-32-22(28-20-12-10-19(27)11-13-20)21-23(30-32)33-16(2)26(3,4)29-25(33)31(5)24(21)35/h6-13,16,28H,14H2,1-5H3. The van der Waals surface area contributed by atoms with Crippen LogP contribution < -0.4 is 10.2 Å². The molecule has 35 heavy (non-hydrogen) atoms. The maximum Gasteiger partial charge on any atom is 0.267 e. The molecule has 0 radical (unpaired) electrons. The lowest BCUT2D eigenvalue weighted by molar-refractivity contribution is 0.0865. The molecule has 2 aliphatic heterocycles. The van der Waals surface area contributed by atoms with Crippen molar-refractivity contribution in [2.45, 2.75) is 45.8 Å². The molecule has 0 bridgehead atoms. The number of benzene rings is 2. The number of guanidine groups is 1. The topological polar surface area (TPSA) is 82.8 Å². The lowest BCUT2D eigenvalue weighted by Crippen LogP contribution is -2.52. The van der Waals surface area contributed by atoms with Crippen LogP contribution in [0.1, 0.15) is 54.0 Å². The van der Waals surface area contributed by atoms with Crippen molar-refractivity contribution in [3.63, 3.8) is 0 Å². The summed E-state index contributed by atoms with van der Waals surface area (Å²) in [5.41, 5.74) is 2.21. The maximum absolute atomic E-state index is 13.6. The summed E-state index contributed by atoms with van der Waals surface area (Å²) in [6.07, 6.45) is 0. The molecule has 9 heteroatoms. The van der Waals surface area contributed by atoms with Crippen LogP contribution in [0.2, 0.25) is 0 Å². The summed E-state index contributed by atoms with van der Waals surface area (Å²) in [5, 5.41) is 8.16. The maximum atomic E-state index is 13.6. The summed E-state index contributed by atoms with van der Waals surface area (Å²) in [5.74, 6) is 1.05. The molecule has 1 unspecified atom stereocenters. The molecule has 0 saturated heterocycles. The highest BCUT2D eigenvalue weighted by atomic mass is 19.1. The number of rotatable bonds is 5. The Morgan fingerprint density at radius 2 is 1.77 bits per heavy atom. The Labute approximate surface area is 203 Å². The molecule has 0 spiro atoms. The average Bonchev–Trinajstić information content (AvgIpc) is 3.28. The minimum Gasteiger partial charge on any atom is -0.340 e. The second kappa shape index (κ2) is 8.04. The zero-order chi connectivity index (χ0) is 25.1. The third-order valence-corrected chi connectivity index (χ3v) is 6.79. The zero-order valence-electron chi connectivity index (χ0n) is 20.3. The lowest BCUT2D eigenvalue weighted by atomic mass is 9.97. The number of carbonyl (C=O) groups excluding carboxylic acids is 2. The normalized spacial score (nSPS) is 18.3. The number of fused-ring (bicyclic) bond motifs is 3. The molecule has 2 aliphatic rings. The predicted molar refractivity (Wildman–Crippen MR) is 133 cm³/mol. The molecule has 1 N–H and O–H groups in total. The average molecular weight is 475 g/mol. The summed E-state index contributed by atoms with van der Waals surface area (Å²) < 4.78 is 15.3. The molecule has 2 aromatic carbocycles. The van der Waals surface area contributed by atoms with Crippen molar-refractivity contribution in [1.82, 2.24) is 14.7 Å². The number of ketones is 1. The van der Waals surface area contributed by atoms with E-state index >= 15 is 0 Å². The Hall–Kier alpha value is -4.01. The van der Waals surface area contributed by atoms with Gasteiger partial charge >= 0.3 is 0 Å². The largest absolute Gasteiger partial charge is 0.340 e. The molecule has 3 heterocycles. The molecule has 1 atom stereocenters. The van der Waals surface area contributed by atoms with Gasteiger partial charge in [-0.05, 0) is 57.5 Å². The third-order valence-electron chi connectivity index (χ3n) is 6.79. The van der Waals surface area contributed by atoms with Gasteiger partial charge in [-0.1, -0.05) is 24.3 Å². The zero-order valence-corrected chi connectivity index (χ0v) is 20.3. The third kappa shape index (κ3) is 3.77. The van der Waals surface area contributed by atoms with E-state index in [1.807, 2.05) is 30.9 Å². The smallest absolute Gasteiger partial charge is 0.267 e. The predicted octanol–water partition coefficient (Wildman–Crippen LogP) is 4.45. The molecule has 5 rings (SSSR count). The van der Waals surface area contributed by atoms with Crippen LogP contribution in [0, 0.1) is 5.82 Å². The quantitative estimate of drug-likeness (QED) is 0.553. The van der Waals surface area contributed by atoms with Crippen molar-refractivity contribution in [3.8, 4) is 0 Å².